The Kier molecular flexibility index (Phi) is 8.26. The summed E-state index contributed by atoms with van der Waals surface area (Å²) in [6.45, 7) is 12.7. The fraction of sp³-hybridized carbons (Fsp3) is 1.00. The van der Waals surface area contributed by atoms with Gasteiger partial charge >= 0.3 is 0 Å². The minimum absolute atomic E-state index is 0.730. The zero-order valence-corrected chi connectivity index (χ0v) is 10.8. The number of nitrogens with one attached hydrogen (secondary N) is 1. The summed E-state index contributed by atoms with van der Waals surface area (Å²) < 4.78 is 0. The van der Waals surface area contributed by atoms with E-state index in [0.717, 1.165) is 17.9 Å². The molecule has 0 amide bonds. The Hall–Kier alpha value is -0.0400. The van der Waals surface area contributed by atoms with Crippen LogP contribution in [0.15, 0.2) is 0 Å². The Morgan fingerprint density at radius 2 is 1.64 bits per heavy atom. The van der Waals surface area contributed by atoms with Gasteiger partial charge in [-0.05, 0) is 31.2 Å². The van der Waals surface area contributed by atoms with Gasteiger partial charge in [-0.15, -0.1) is 0 Å². The first kappa shape index (κ1) is 14.0. The fourth-order valence-electron chi connectivity index (χ4n) is 1.75. The van der Waals surface area contributed by atoms with E-state index in [0.29, 0.717) is 0 Å². The van der Waals surface area contributed by atoms with Crippen molar-refractivity contribution < 1.29 is 0 Å². The molecule has 0 aliphatic carbocycles. The van der Waals surface area contributed by atoms with Gasteiger partial charge in [0.2, 0.25) is 0 Å². The van der Waals surface area contributed by atoms with Crippen molar-refractivity contribution in [2.24, 2.45) is 11.8 Å². The Bertz CT molecular complexity index is 118. The van der Waals surface area contributed by atoms with Crippen LogP contribution in [0.2, 0.25) is 0 Å². The zero-order valence-electron chi connectivity index (χ0n) is 10.8. The lowest BCUT2D eigenvalue weighted by atomic mass is 9.96. The monoisotopic (exact) mass is 199 g/mol. The summed E-state index contributed by atoms with van der Waals surface area (Å²) in [7, 11) is 0. The first-order chi connectivity index (χ1) is 6.57. The molecule has 86 valence electrons. The summed E-state index contributed by atoms with van der Waals surface area (Å²) in [4.78, 5) is 0. The molecule has 1 unspecified atom stereocenters. The molecule has 0 heterocycles. The molecule has 0 saturated heterocycles. The summed E-state index contributed by atoms with van der Waals surface area (Å²) in [6.07, 6.45) is 5.33. The van der Waals surface area contributed by atoms with Gasteiger partial charge in [-0.3, -0.25) is 0 Å². The van der Waals surface area contributed by atoms with E-state index in [1.807, 2.05) is 0 Å². The van der Waals surface area contributed by atoms with Crippen molar-refractivity contribution in [2.45, 2.75) is 66.3 Å². The van der Waals surface area contributed by atoms with Crippen LogP contribution >= 0.6 is 0 Å². The van der Waals surface area contributed by atoms with E-state index in [9.17, 15) is 0 Å². The summed E-state index contributed by atoms with van der Waals surface area (Å²) in [5.74, 6) is 1.63. The van der Waals surface area contributed by atoms with Gasteiger partial charge in [0, 0.05) is 6.04 Å². The van der Waals surface area contributed by atoms with Crippen molar-refractivity contribution in [3.8, 4) is 0 Å². The van der Waals surface area contributed by atoms with E-state index in [2.05, 4.69) is 39.9 Å². The Morgan fingerprint density at radius 1 is 1.00 bits per heavy atom. The molecule has 0 aromatic carbocycles. The van der Waals surface area contributed by atoms with Crippen molar-refractivity contribution >= 4 is 0 Å². The van der Waals surface area contributed by atoms with Crippen LogP contribution in [0.25, 0.3) is 0 Å². The number of hydrogen-bond acceptors (Lipinski definition) is 1. The highest BCUT2D eigenvalue weighted by Crippen LogP contribution is 2.13. The maximum Gasteiger partial charge on any atom is 0.00900 e. The summed E-state index contributed by atoms with van der Waals surface area (Å²) in [6, 6.07) is 0.730. The summed E-state index contributed by atoms with van der Waals surface area (Å²) in [5.41, 5.74) is 0. The Balaban J connectivity index is 3.62. The van der Waals surface area contributed by atoms with E-state index in [4.69, 9.17) is 0 Å². The van der Waals surface area contributed by atoms with Crippen molar-refractivity contribution in [1.82, 2.24) is 5.32 Å². The minimum atomic E-state index is 0.730. The first-order valence-corrected chi connectivity index (χ1v) is 6.31. The standard InChI is InChI=1S/C13H29N/c1-6-10-14-13(12(4)5)9-7-8-11(2)3/h11-14H,6-10H2,1-5H3. The lowest BCUT2D eigenvalue weighted by molar-refractivity contribution is 0.358. The number of hydrogen-bond donors (Lipinski definition) is 1. The Morgan fingerprint density at radius 3 is 2.07 bits per heavy atom. The van der Waals surface area contributed by atoms with Crippen molar-refractivity contribution in [3.05, 3.63) is 0 Å². The quantitative estimate of drug-likeness (QED) is 0.626. The second-order valence-electron chi connectivity index (χ2n) is 5.13. The molecule has 1 heteroatoms. The molecule has 1 N–H and O–H groups in total. The van der Waals surface area contributed by atoms with Gasteiger partial charge in [0.15, 0.2) is 0 Å². The molecular weight excluding hydrogens is 170 g/mol. The second-order valence-corrected chi connectivity index (χ2v) is 5.13. The molecular formula is C13H29N. The van der Waals surface area contributed by atoms with E-state index in [1.165, 1.54) is 32.2 Å². The molecule has 0 bridgehead atoms. The minimum Gasteiger partial charge on any atom is -0.314 e. The molecule has 0 aromatic heterocycles. The molecule has 1 nitrogen and oxygen atoms in total. The highest BCUT2D eigenvalue weighted by atomic mass is 14.9. The average Bonchev–Trinajstić information content (AvgIpc) is 2.09. The van der Waals surface area contributed by atoms with Crippen LogP contribution in [-0.2, 0) is 0 Å². The lowest BCUT2D eigenvalue weighted by Gasteiger charge is -2.22. The maximum atomic E-state index is 3.64. The smallest absolute Gasteiger partial charge is 0.00900 e. The molecule has 1 atom stereocenters. The van der Waals surface area contributed by atoms with Gasteiger partial charge in [-0.2, -0.15) is 0 Å². The van der Waals surface area contributed by atoms with E-state index >= 15 is 0 Å². The van der Waals surface area contributed by atoms with Crippen LogP contribution in [0.3, 0.4) is 0 Å². The summed E-state index contributed by atoms with van der Waals surface area (Å²) in [5, 5.41) is 3.64. The van der Waals surface area contributed by atoms with E-state index in [1.54, 1.807) is 0 Å². The molecule has 0 saturated carbocycles. The van der Waals surface area contributed by atoms with Crippen LogP contribution in [-0.4, -0.2) is 12.6 Å². The molecule has 0 rings (SSSR count). The van der Waals surface area contributed by atoms with E-state index < -0.39 is 0 Å². The topological polar surface area (TPSA) is 12.0 Å². The van der Waals surface area contributed by atoms with Gasteiger partial charge in [0.05, 0.1) is 0 Å². The van der Waals surface area contributed by atoms with Crippen LogP contribution < -0.4 is 5.32 Å². The first-order valence-electron chi connectivity index (χ1n) is 6.31. The molecule has 0 radical (unpaired) electrons. The maximum absolute atomic E-state index is 3.64. The molecule has 0 spiro atoms. The summed E-state index contributed by atoms with van der Waals surface area (Å²) >= 11 is 0. The van der Waals surface area contributed by atoms with Gasteiger partial charge in [-0.1, -0.05) is 47.5 Å². The lowest BCUT2D eigenvalue weighted by Crippen LogP contribution is -2.34. The second kappa shape index (κ2) is 8.28. The van der Waals surface area contributed by atoms with Crippen molar-refractivity contribution in [1.29, 1.82) is 0 Å². The Labute approximate surface area is 90.7 Å². The van der Waals surface area contributed by atoms with E-state index in [-0.39, 0.29) is 0 Å². The van der Waals surface area contributed by atoms with Gasteiger partial charge in [-0.25, -0.2) is 0 Å². The van der Waals surface area contributed by atoms with Gasteiger partial charge in [0.1, 0.15) is 0 Å². The fourth-order valence-corrected chi connectivity index (χ4v) is 1.75. The predicted molar refractivity (Wildman–Crippen MR) is 65.6 cm³/mol. The normalized spacial score (nSPS) is 13.9. The largest absolute Gasteiger partial charge is 0.314 e. The third kappa shape index (κ3) is 7.37. The number of rotatable bonds is 8. The van der Waals surface area contributed by atoms with Crippen LogP contribution in [0, 0.1) is 11.8 Å². The average molecular weight is 199 g/mol. The van der Waals surface area contributed by atoms with Crippen molar-refractivity contribution in [3.63, 3.8) is 0 Å². The SMILES string of the molecule is CCCNC(CCCC(C)C)C(C)C. The molecule has 0 aliphatic rings. The highest BCUT2D eigenvalue weighted by molar-refractivity contribution is 4.70. The van der Waals surface area contributed by atoms with Gasteiger partial charge in [0.25, 0.3) is 0 Å². The zero-order chi connectivity index (χ0) is 11.0. The van der Waals surface area contributed by atoms with Gasteiger partial charge < -0.3 is 5.32 Å². The molecule has 0 aromatic rings. The van der Waals surface area contributed by atoms with Crippen LogP contribution in [0.5, 0.6) is 0 Å². The third-order valence-electron chi connectivity index (χ3n) is 2.76. The third-order valence-corrected chi connectivity index (χ3v) is 2.76. The highest BCUT2D eigenvalue weighted by Gasteiger charge is 2.11. The molecule has 0 aliphatic heterocycles. The van der Waals surface area contributed by atoms with Crippen molar-refractivity contribution in [2.75, 3.05) is 6.54 Å². The molecule has 14 heavy (non-hydrogen) atoms. The van der Waals surface area contributed by atoms with Crippen LogP contribution in [0.4, 0.5) is 0 Å². The molecule has 0 fully saturated rings. The predicted octanol–water partition coefficient (Wildman–Crippen LogP) is 3.84. The van der Waals surface area contributed by atoms with Crippen LogP contribution in [0.1, 0.15) is 60.3 Å².